The van der Waals surface area contributed by atoms with Crippen LogP contribution in [0.15, 0.2) is 18.2 Å². The predicted molar refractivity (Wildman–Crippen MR) is 82.6 cm³/mol. The summed E-state index contributed by atoms with van der Waals surface area (Å²) < 4.78 is 0. The van der Waals surface area contributed by atoms with Crippen LogP contribution < -0.4 is 5.32 Å². The number of nitrogens with one attached hydrogen (secondary N) is 1. The zero-order valence-electron chi connectivity index (χ0n) is 12.5. The third-order valence-electron chi connectivity index (χ3n) is 6.02. The first-order chi connectivity index (χ1) is 10.1. The Morgan fingerprint density at radius 1 is 1.10 bits per heavy atom. The first kappa shape index (κ1) is 13.2. The number of aromatic carboxylic acids is 1. The highest BCUT2D eigenvalue weighted by Crippen LogP contribution is 2.54. The van der Waals surface area contributed by atoms with Crippen LogP contribution in [0.3, 0.4) is 0 Å². The molecule has 112 valence electrons. The zero-order valence-corrected chi connectivity index (χ0v) is 12.5. The molecule has 0 unspecified atom stereocenters. The highest BCUT2D eigenvalue weighted by atomic mass is 16.4. The van der Waals surface area contributed by atoms with Crippen molar-refractivity contribution in [3.8, 4) is 0 Å². The smallest absolute Gasteiger partial charge is 0.335 e. The van der Waals surface area contributed by atoms with Crippen LogP contribution >= 0.6 is 0 Å². The van der Waals surface area contributed by atoms with Gasteiger partial charge >= 0.3 is 5.97 Å². The molecule has 4 fully saturated rings. The van der Waals surface area contributed by atoms with Gasteiger partial charge in [-0.3, -0.25) is 0 Å². The molecule has 1 aromatic carbocycles. The van der Waals surface area contributed by atoms with Gasteiger partial charge < -0.3 is 10.4 Å². The second-order valence-corrected chi connectivity index (χ2v) is 7.44. The Morgan fingerprint density at radius 2 is 1.71 bits per heavy atom. The SMILES string of the molecule is Cc1cc(C(=O)O)ccc1NC1C2CC3CC(C2)CC1C3. The van der Waals surface area contributed by atoms with Crippen molar-refractivity contribution in [2.24, 2.45) is 23.7 Å². The van der Waals surface area contributed by atoms with Crippen LogP contribution in [-0.2, 0) is 0 Å². The molecule has 0 amide bonds. The maximum atomic E-state index is 11.0. The highest BCUT2D eigenvalue weighted by Gasteiger charge is 2.48. The number of benzene rings is 1. The van der Waals surface area contributed by atoms with Gasteiger partial charge in [-0.1, -0.05) is 0 Å². The molecule has 0 heterocycles. The van der Waals surface area contributed by atoms with E-state index in [-0.39, 0.29) is 0 Å². The van der Waals surface area contributed by atoms with Gasteiger partial charge in [0, 0.05) is 11.7 Å². The second-order valence-electron chi connectivity index (χ2n) is 7.44. The minimum atomic E-state index is -0.848. The molecule has 3 nitrogen and oxygen atoms in total. The van der Waals surface area contributed by atoms with Crippen molar-refractivity contribution in [2.75, 3.05) is 5.32 Å². The largest absolute Gasteiger partial charge is 0.478 e. The molecule has 0 spiro atoms. The molecule has 4 aliphatic carbocycles. The van der Waals surface area contributed by atoms with Gasteiger partial charge in [0.05, 0.1) is 5.56 Å². The summed E-state index contributed by atoms with van der Waals surface area (Å²) in [7, 11) is 0. The number of anilines is 1. The van der Waals surface area contributed by atoms with Crippen LogP contribution in [0, 0.1) is 30.6 Å². The zero-order chi connectivity index (χ0) is 14.6. The number of carboxylic acids is 1. The first-order valence-electron chi connectivity index (χ1n) is 8.20. The van der Waals surface area contributed by atoms with E-state index in [1.165, 1.54) is 32.1 Å². The van der Waals surface area contributed by atoms with Crippen molar-refractivity contribution >= 4 is 11.7 Å². The van der Waals surface area contributed by atoms with E-state index in [2.05, 4.69) is 5.32 Å². The minimum Gasteiger partial charge on any atom is -0.478 e. The fraction of sp³-hybridized carbons (Fsp3) is 0.611. The van der Waals surface area contributed by atoms with Gasteiger partial charge in [0.15, 0.2) is 0 Å². The van der Waals surface area contributed by atoms with Gasteiger partial charge in [0.2, 0.25) is 0 Å². The van der Waals surface area contributed by atoms with Crippen LogP contribution in [0.4, 0.5) is 5.69 Å². The summed E-state index contributed by atoms with van der Waals surface area (Å²) >= 11 is 0. The molecule has 0 aromatic heterocycles. The fourth-order valence-corrected chi connectivity index (χ4v) is 5.30. The van der Waals surface area contributed by atoms with E-state index in [9.17, 15) is 4.79 Å². The van der Waals surface area contributed by atoms with Gasteiger partial charge in [-0.2, -0.15) is 0 Å². The van der Waals surface area contributed by atoms with Crippen molar-refractivity contribution in [2.45, 2.75) is 45.1 Å². The van der Waals surface area contributed by atoms with Gasteiger partial charge in [-0.15, -0.1) is 0 Å². The molecule has 0 atom stereocenters. The maximum Gasteiger partial charge on any atom is 0.335 e. The standard InChI is InChI=1S/C18H23NO2/c1-10-4-13(18(20)21)2-3-16(10)19-17-14-6-11-5-12(8-14)9-15(17)7-11/h2-4,11-12,14-15,17,19H,5-9H2,1H3,(H,20,21). The maximum absolute atomic E-state index is 11.0. The topological polar surface area (TPSA) is 49.3 Å². The fourth-order valence-electron chi connectivity index (χ4n) is 5.30. The van der Waals surface area contributed by atoms with Crippen molar-refractivity contribution in [1.29, 1.82) is 0 Å². The molecular weight excluding hydrogens is 262 g/mol. The van der Waals surface area contributed by atoms with Gasteiger partial charge in [-0.05, 0) is 86.5 Å². The van der Waals surface area contributed by atoms with E-state index in [4.69, 9.17) is 5.11 Å². The second kappa shape index (κ2) is 4.75. The number of aryl methyl sites for hydroxylation is 1. The summed E-state index contributed by atoms with van der Waals surface area (Å²) in [6.45, 7) is 2.00. The Bertz CT molecular complexity index is 553. The van der Waals surface area contributed by atoms with Crippen LogP contribution in [0.2, 0.25) is 0 Å². The lowest BCUT2D eigenvalue weighted by Crippen LogP contribution is -2.51. The van der Waals surface area contributed by atoms with E-state index < -0.39 is 5.97 Å². The lowest BCUT2D eigenvalue weighted by molar-refractivity contribution is 0.00752. The Balaban J connectivity index is 1.55. The molecule has 1 aromatic rings. The summed E-state index contributed by atoms with van der Waals surface area (Å²) in [6, 6.07) is 6.05. The molecule has 21 heavy (non-hydrogen) atoms. The lowest BCUT2D eigenvalue weighted by Gasteiger charge is -2.54. The monoisotopic (exact) mass is 285 g/mol. The Labute approximate surface area is 125 Å². The van der Waals surface area contributed by atoms with Crippen molar-refractivity contribution in [3.63, 3.8) is 0 Å². The summed E-state index contributed by atoms with van der Waals surface area (Å²) in [4.78, 5) is 11.0. The Hall–Kier alpha value is -1.51. The van der Waals surface area contributed by atoms with Crippen LogP contribution in [-0.4, -0.2) is 17.1 Å². The summed E-state index contributed by atoms with van der Waals surface area (Å²) in [5, 5.41) is 12.8. The van der Waals surface area contributed by atoms with E-state index >= 15 is 0 Å². The Kier molecular flexibility index (Phi) is 2.98. The quantitative estimate of drug-likeness (QED) is 0.884. The number of carbonyl (C=O) groups is 1. The number of hydrogen-bond donors (Lipinski definition) is 2. The molecule has 4 saturated carbocycles. The van der Waals surface area contributed by atoms with Gasteiger partial charge in [-0.25, -0.2) is 4.79 Å². The van der Waals surface area contributed by atoms with Crippen molar-refractivity contribution in [1.82, 2.24) is 0 Å². The number of hydrogen-bond acceptors (Lipinski definition) is 2. The van der Waals surface area contributed by atoms with Gasteiger partial charge in [0.1, 0.15) is 0 Å². The summed E-state index contributed by atoms with van der Waals surface area (Å²) in [5.74, 6) is 2.79. The minimum absolute atomic E-state index is 0.378. The molecular formula is C18H23NO2. The summed E-state index contributed by atoms with van der Waals surface area (Å²) in [5.41, 5.74) is 2.55. The average Bonchev–Trinajstić information content (AvgIpc) is 2.43. The summed E-state index contributed by atoms with van der Waals surface area (Å²) in [6.07, 6.45) is 7.08. The molecule has 2 N–H and O–H groups in total. The molecule has 0 aliphatic heterocycles. The third-order valence-corrected chi connectivity index (χ3v) is 6.02. The third kappa shape index (κ3) is 2.23. The van der Waals surface area contributed by atoms with Crippen LogP contribution in [0.1, 0.15) is 48.0 Å². The van der Waals surface area contributed by atoms with Crippen LogP contribution in [0.25, 0.3) is 0 Å². The average molecular weight is 285 g/mol. The molecule has 4 aliphatic rings. The predicted octanol–water partition coefficient (Wildman–Crippen LogP) is 3.93. The highest BCUT2D eigenvalue weighted by molar-refractivity contribution is 5.88. The number of rotatable bonds is 3. The van der Waals surface area contributed by atoms with E-state index in [1.54, 1.807) is 12.1 Å². The normalized spacial score (nSPS) is 36.7. The lowest BCUT2D eigenvalue weighted by atomic mass is 9.54. The van der Waals surface area contributed by atoms with E-state index in [0.29, 0.717) is 11.6 Å². The molecule has 5 rings (SSSR count). The number of carboxylic acid groups (broad SMARTS) is 1. The van der Waals surface area contributed by atoms with Crippen LogP contribution in [0.5, 0.6) is 0 Å². The molecule has 0 saturated heterocycles. The van der Waals surface area contributed by atoms with Crippen molar-refractivity contribution in [3.05, 3.63) is 29.3 Å². The van der Waals surface area contributed by atoms with Gasteiger partial charge in [0.25, 0.3) is 0 Å². The first-order valence-corrected chi connectivity index (χ1v) is 8.20. The molecule has 4 bridgehead atoms. The van der Waals surface area contributed by atoms with E-state index in [1.807, 2.05) is 13.0 Å². The van der Waals surface area contributed by atoms with E-state index in [0.717, 1.165) is 34.9 Å². The molecule has 3 heteroatoms. The van der Waals surface area contributed by atoms with Crippen molar-refractivity contribution < 1.29 is 9.90 Å². The molecule has 0 radical (unpaired) electrons. The Morgan fingerprint density at radius 3 is 2.24 bits per heavy atom.